The Hall–Kier alpha value is -3.46. The number of rotatable bonds is 3. The molecule has 1 amide bonds. The van der Waals surface area contributed by atoms with Gasteiger partial charge in [-0.15, -0.1) is 12.4 Å². The average Bonchev–Trinajstić information content (AvgIpc) is 3.23. The Morgan fingerprint density at radius 1 is 1.19 bits per heavy atom. The summed E-state index contributed by atoms with van der Waals surface area (Å²) in [6.07, 6.45) is 8.16. The standard InChI is InChI=1S/C17H14FN7O.ClH/c1-24-8-10(5-21-24)15-9-25-16(7-20-15)12(6-22-25)17(26)23-14-4-11(19)2-3-13(14)18;/h2-9H,19H2,1H3,(H,23,26);1H. The molecule has 0 unspecified atom stereocenters. The van der Waals surface area contributed by atoms with Gasteiger partial charge in [0.05, 0.1) is 47.2 Å². The Morgan fingerprint density at radius 2 is 2.00 bits per heavy atom. The van der Waals surface area contributed by atoms with E-state index in [-0.39, 0.29) is 23.7 Å². The first kappa shape index (κ1) is 18.3. The molecule has 0 spiro atoms. The summed E-state index contributed by atoms with van der Waals surface area (Å²) in [7, 11) is 1.81. The van der Waals surface area contributed by atoms with E-state index in [1.165, 1.54) is 24.4 Å². The van der Waals surface area contributed by atoms with Gasteiger partial charge in [0.1, 0.15) is 5.82 Å². The molecule has 27 heavy (non-hydrogen) atoms. The minimum Gasteiger partial charge on any atom is -0.399 e. The lowest BCUT2D eigenvalue weighted by Gasteiger charge is -2.06. The number of hydrogen-bond acceptors (Lipinski definition) is 5. The number of nitrogens with zero attached hydrogens (tertiary/aromatic N) is 5. The Kier molecular flexibility index (Phi) is 4.78. The highest BCUT2D eigenvalue weighted by molar-refractivity contribution is 6.08. The molecule has 1 aromatic carbocycles. The summed E-state index contributed by atoms with van der Waals surface area (Å²) in [5, 5.41) is 10.8. The predicted octanol–water partition coefficient (Wildman–Crippen LogP) is 2.53. The Balaban J connectivity index is 0.00000210. The van der Waals surface area contributed by atoms with Gasteiger partial charge in [-0.05, 0) is 18.2 Å². The van der Waals surface area contributed by atoms with Crippen LogP contribution in [0.4, 0.5) is 15.8 Å². The van der Waals surface area contributed by atoms with Crippen LogP contribution in [0.25, 0.3) is 16.8 Å². The molecule has 0 aliphatic heterocycles. The first-order valence-electron chi connectivity index (χ1n) is 7.70. The molecule has 3 heterocycles. The third kappa shape index (κ3) is 3.44. The van der Waals surface area contributed by atoms with Gasteiger partial charge in [-0.25, -0.2) is 8.91 Å². The number of carbonyl (C=O) groups is 1. The van der Waals surface area contributed by atoms with Crippen LogP contribution in [0.15, 0.2) is 49.2 Å². The lowest BCUT2D eigenvalue weighted by atomic mass is 10.2. The monoisotopic (exact) mass is 387 g/mol. The van der Waals surface area contributed by atoms with Crippen LogP contribution < -0.4 is 11.1 Å². The molecule has 0 aliphatic carbocycles. The van der Waals surface area contributed by atoms with E-state index in [4.69, 9.17) is 5.73 Å². The Bertz CT molecular complexity index is 1140. The summed E-state index contributed by atoms with van der Waals surface area (Å²) < 4.78 is 17.0. The summed E-state index contributed by atoms with van der Waals surface area (Å²) in [6.45, 7) is 0. The normalized spacial score (nSPS) is 10.6. The summed E-state index contributed by atoms with van der Waals surface area (Å²) >= 11 is 0. The number of anilines is 2. The number of aromatic nitrogens is 5. The zero-order chi connectivity index (χ0) is 18.3. The number of nitrogens with one attached hydrogen (secondary N) is 1. The van der Waals surface area contributed by atoms with Crippen LogP contribution in [0, 0.1) is 5.82 Å². The maximum atomic E-state index is 13.8. The SMILES string of the molecule is Cl.Cn1cc(-c2cn3ncc(C(=O)Nc4cc(N)ccc4F)c3cn2)cn1. The van der Waals surface area contributed by atoms with Crippen LogP contribution in [0.3, 0.4) is 0 Å². The molecule has 0 saturated heterocycles. The van der Waals surface area contributed by atoms with E-state index < -0.39 is 11.7 Å². The van der Waals surface area contributed by atoms with Crippen molar-refractivity contribution >= 4 is 35.2 Å². The highest BCUT2D eigenvalue weighted by atomic mass is 35.5. The number of fused-ring (bicyclic) bond motifs is 1. The first-order chi connectivity index (χ1) is 12.5. The molecule has 4 aromatic rings. The lowest BCUT2D eigenvalue weighted by molar-refractivity contribution is 0.102. The van der Waals surface area contributed by atoms with Crippen LogP contribution >= 0.6 is 12.4 Å². The molecule has 138 valence electrons. The Morgan fingerprint density at radius 3 is 2.74 bits per heavy atom. The number of carbonyl (C=O) groups excluding carboxylic acids is 1. The van der Waals surface area contributed by atoms with Gasteiger partial charge in [0.25, 0.3) is 5.91 Å². The highest BCUT2D eigenvalue weighted by Gasteiger charge is 2.16. The molecule has 0 bridgehead atoms. The zero-order valence-corrected chi connectivity index (χ0v) is 14.9. The maximum absolute atomic E-state index is 13.8. The van der Waals surface area contributed by atoms with Gasteiger partial charge in [-0.3, -0.25) is 14.5 Å². The average molecular weight is 388 g/mol. The third-order valence-electron chi connectivity index (χ3n) is 3.89. The van der Waals surface area contributed by atoms with Crippen LogP contribution in [-0.4, -0.2) is 30.3 Å². The summed E-state index contributed by atoms with van der Waals surface area (Å²) in [4.78, 5) is 16.9. The van der Waals surface area contributed by atoms with E-state index in [0.717, 1.165) is 5.56 Å². The van der Waals surface area contributed by atoms with Gasteiger partial charge < -0.3 is 11.1 Å². The lowest BCUT2D eigenvalue weighted by Crippen LogP contribution is -2.13. The van der Waals surface area contributed by atoms with Crippen molar-refractivity contribution < 1.29 is 9.18 Å². The number of halogens is 2. The van der Waals surface area contributed by atoms with Crippen molar-refractivity contribution in [1.82, 2.24) is 24.4 Å². The van der Waals surface area contributed by atoms with Crippen molar-refractivity contribution in [3.63, 3.8) is 0 Å². The fraction of sp³-hybridized carbons (Fsp3) is 0.0588. The minimum absolute atomic E-state index is 0. The van der Waals surface area contributed by atoms with Crippen LogP contribution in [0.2, 0.25) is 0 Å². The van der Waals surface area contributed by atoms with Crippen molar-refractivity contribution in [2.45, 2.75) is 0 Å². The smallest absolute Gasteiger partial charge is 0.259 e. The maximum Gasteiger partial charge on any atom is 0.259 e. The summed E-state index contributed by atoms with van der Waals surface area (Å²) in [5.41, 5.74) is 8.27. The number of nitrogen functional groups attached to an aromatic ring is 1. The minimum atomic E-state index is -0.569. The molecule has 0 saturated carbocycles. The van der Waals surface area contributed by atoms with Gasteiger partial charge in [-0.1, -0.05) is 0 Å². The largest absolute Gasteiger partial charge is 0.399 e. The molecule has 0 aliphatic rings. The van der Waals surface area contributed by atoms with Crippen molar-refractivity contribution in [2.24, 2.45) is 7.05 Å². The molecular weight excluding hydrogens is 373 g/mol. The van der Waals surface area contributed by atoms with E-state index in [9.17, 15) is 9.18 Å². The predicted molar refractivity (Wildman–Crippen MR) is 101 cm³/mol. The van der Waals surface area contributed by atoms with E-state index in [0.29, 0.717) is 16.9 Å². The Labute approximate surface area is 159 Å². The molecule has 0 fully saturated rings. The highest BCUT2D eigenvalue weighted by Crippen LogP contribution is 2.21. The van der Waals surface area contributed by atoms with E-state index in [2.05, 4.69) is 20.5 Å². The molecule has 4 rings (SSSR count). The second-order valence-corrected chi connectivity index (χ2v) is 5.76. The van der Waals surface area contributed by atoms with E-state index >= 15 is 0 Å². The van der Waals surface area contributed by atoms with Gasteiger partial charge in [0, 0.05) is 24.5 Å². The molecule has 3 aromatic heterocycles. The van der Waals surface area contributed by atoms with Crippen LogP contribution in [-0.2, 0) is 7.05 Å². The van der Waals surface area contributed by atoms with Crippen molar-refractivity contribution in [3.8, 4) is 11.3 Å². The third-order valence-corrected chi connectivity index (χ3v) is 3.89. The van der Waals surface area contributed by atoms with Gasteiger partial charge in [0.15, 0.2) is 0 Å². The van der Waals surface area contributed by atoms with Crippen LogP contribution in [0.1, 0.15) is 10.4 Å². The molecule has 10 heteroatoms. The number of aryl methyl sites for hydroxylation is 1. The topological polar surface area (TPSA) is 103 Å². The molecule has 3 N–H and O–H groups in total. The number of hydrogen-bond donors (Lipinski definition) is 2. The summed E-state index contributed by atoms with van der Waals surface area (Å²) in [6, 6.07) is 3.98. The molecule has 0 atom stereocenters. The fourth-order valence-corrected chi connectivity index (χ4v) is 2.59. The number of amides is 1. The quantitative estimate of drug-likeness (QED) is 0.526. The van der Waals surface area contributed by atoms with Gasteiger partial charge in [-0.2, -0.15) is 10.2 Å². The molecule has 8 nitrogen and oxygen atoms in total. The summed E-state index contributed by atoms with van der Waals surface area (Å²) in [5.74, 6) is -1.07. The second-order valence-electron chi connectivity index (χ2n) is 5.76. The van der Waals surface area contributed by atoms with Gasteiger partial charge >= 0.3 is 0 Å². The number of nitrogens with two attached hydrogens (primary N) is 1. The first-order valence-corrected chi connectivity index (χ1v) is 7.70. The van der Waals surface area contributed by atoms with Crippen molar-refractivity contribution in [1.29, 1.82) is 0 Å². The van der Waals surface area contributed by atoms with E-state index in [1.54, 1.807) is 27.8 Å². The van der Waals surface area contributed by atoms with Crippen molar-refractivity contribution in [2.75, 3.05) is 11.1 Å². The van der Waals surface area contributed by atoms with E-state index in [1.807, 2.05) is 13.2 Å². The van der Waals surface area contributed by atoms with Crippen LogP contribution in [0.5, 0.6) is 0 Å². The van der Waals surface area contributed by atoms with Gasteiger partial charge in [0.2, 0.25) is 0 Å². The zero-order valence-electron chi connectivity index (χ0n) is 14.1. The molecule has 0 radical (unpaired) electrons. The van der Waals surface area contributed by atoms with Crippen molar-refractivity contribution in [3.05, 3.63) is 60.6 Å². The second kappa shape index (κ2) is 7.04. The molecular formula is C17H15ClFN7O. The number of benzene rings is 1. The fourth-order valence-electron chi connectivity index (χ4n) is 2.59.